The quantitative estimate of drug-likeness (QED) is 0.853. The highest BCUT2D eigenvalue weighted by molar-refractivity contribution is 5.18. The second-order valence-electron chi connectivity index (χ2n) is 5.51. The first kappa shape index (κ1) is 14.1. The molecule has 1 aromatic carbocycles. The average molecular weight is 242 g/mol. The second-order valence-corrected chi connectivity index (χ2v) is 5.51. The molecule has 0 aromatic heterocycles. The van der Waals surface area contributed by atoms with Crippen LogP contribution < -0.4 is 0 Å². The summed E-state index contributed by atoms with van der Waals surface area (Å²) >= 11 is 0. The molecule has 0 heterocycles. The van der Waals surface area contributed by atoms with Gasteiger partial charge in [-0.15, -0.1) is 0 Å². The minimum absolute atomic E-state index is 0.151. The molecule has 0 saturated carbocycles. The van der Waals surface area contributed by atoms with Crippen LogP contribution in [-0.2, 0) is 6.42 Å². The van der Waals surface area contributed by atoms with Gasteiger partial charge in [0.2, 0.25) is 0 Å². The summed E-state index contributed by atoms with van der Waals surface area (Å²) in [4.78, 5) is 0. The van der Waals surface area contributed by atoms with Gasteiger partial charge in [0, 0.05) is 6.07 Å². The van der Waals surface area contributed by atoms with Crippen molar-refractivity contribution in [2.45, 2.75) is 46.1 Å². The summed E-state index contributed by atoms with van der Waals surface area (Å²) in [6.07, 6.45) is 1.45. The van der Waals surface area contributed by atoms with Gasteiger partial charge in [0.15, 0.2) is 0 Å². The smallest absolute Gasteiger partial charge is 0.129 e. The molecule has 0 aliphatic carbocycles. The number of hydrogen-bond donors (Lipinski definition) is 1. The van der Waals surface area contributed by atoms with Gasteiger partial charge >= 0.3 is 0 Å². The Balaban J connectivity index is 2.46. The first-order chi connectivity index (χ1) is 7.80. The van der Waals surface area contributed by atoms with Crippen molar-refractivity contribution in [1.29, 1.82) is 0 Å². The van der Waals surface area contributed by atoms with Crippen molar-refractivity contribution in [1.82, 2.24) is 0 Å². The van der Waals surface area contributed by atoms with Crippen molar-refractivity contribution in [2.24, 2.45) is 5.41 Å². The van der Waals surface area contributed by atoms with Gasteiger partial charge in [0.05, 0.1) is 6.10 Å². The lowest BCUT2D eigenvalue weighted by atomic mass is 9.86. The zero-order valence-electron chi connectivity index (χ0n) is 10.6. The maximum atomic E-state index is 13.3. The van der Waals surface area contributed by atoms with Crippen LogP contribution in [0.3, 0.4) is 0 Å². The van der Waals surface area contributed by atoms with Crippen molar-refractivity contribution in [3.63, 3.8) is 0 Å². The lowest BCUT2D eigenvalue weighted by Gasteiger charge is -2.25. The summed E-state index contributed by atoms with van der Waals surface area (Å²) in [5, 5.41) is 9.82. The van der Waals surface area contributed by atoms with Crippen molar-refractivity contribution in [3.8, 4) is 0 Å². The molecule has 1 rings (SSSR count). The van der Waals surface area contributed by atoms with Crippen molar-refractivity contribution in [2.75, 3.05) is 0 Å². The Morgan fingerprint density at radius 2 is 1.88 bits per heavy atom. The van der Waals surface area contributed by atoms with Crippen molar-refractivity contribution >= 4 is 0 Å². The Morgan fingerprint density at radius 3 is 2.41 bits per heavy atom. The molecule has 1 unspecified atom stereocenters. The normalized spacial score (nSPS) is 13.8. The Morgan fingerprint density at radius 1 is 1.24 bits per heavy atom. The maximum absolute atomic E-state index is 13.3. The van der Waals surface area contributed by atoms with E-state index in [9.17, 15) is 13.9 Å². The van der Waals surface area contributed by atoms with Gasteiger partial charge < -0.3 is 5.11 Å². The molecule has 0 bridgehead atoms. The molecule has 0 aliphatic rings. The highest BCUT2D eigenvalue weighted by Gasteiger charge is 2.21. The zero-order chi connectivity index (χ0) is 13.1. The first-order valence-electron chi connectivity index (χ1n) is 5.92. The molecule has 0 saturated heterocycles. The largest absolute Gasteiger partial charge is 0.393 e. The third-order valence-electron chi connectivity index (χ3n) is 2.94. The van der Waals surface area contributed by atoms with Crippen LogP contribution in [-0.4, -0.2) is 11.2 Å². The van der Waals surface area contributed by atoms with E-state index in [1.165, 1.54) is 12.1 Å². The molecule has 0 amide bonds. The van der Waals surface area contributed by atoms with Crippen LogP contribution in [0.2, 0.25) is 0 Å². The number of aliphatic hydroxyl groups excluding tert-OH is 1. The summed E-state index contributed by atoms with van der Waals surface area (Å²) in [6.45, 7) is 5.91. The van der Waals surface area contributed by atoms with E-state index >= 15 is 0 Å². The number of hydrogen-bond acceptors (Lipinski definition) is 1. The topological polar surface area (TPSA) is 20.2 Å². The fourth-order valence-electron chi connectivity index (χ4n) is 1.64. The highest BCUT2D eigenvalue weighted by Crippen LogP contribution is 2.23. The molecule has 0 aliphatic heterocycles. The summed E-state index contributed by atoms with van der Waals surface area (Å²) in [5.41, 5.74) is 0.356. The number of rotatable bonds is 4. The van der Waals surface area contributed by atoms with Crippen LogP contribution in [0.1, 0.15) is 39.2 Å². The van der Waals surface area contributed by atoms with E-state index < -0.39 is 17.7 Å². The SMILES string of the molecule is CC(C)(C)C(O)CCCc1ccc(F)cc1F. The zero-order valence-corrected chi connectivity index (χ0v) is 10.6. The first-order valence-corrected chi connectivity index (χ1v) is 5.92. The molecule has 0 spiro atoms. The standard InChI is InChI=1S/C14H20F2O/c1-14(2,3)13(17)6-4-5-10-7-8-11(15)9-12(10)16/h7-9,13,17H,4-6H2,1-3H3. The van der Waals surface area contributed by atoms with Crippen LogP contribution >= 0.6 is 0 Å². The Labute approximate surface area is 101 Å². The summed E-state index contributed by atoms with van der Waals surface area (Å²) in [6, 6.07) is 3.63. The molecular weight excluding hydrogens is 222 g/mol. The fraction of sp³-hybridized carbons (Fsp3) is 0.571. The lowest BCUT2D eigenvalue weighted by Crippen LogP contribution is -2.25. The predicted octanol–water partition coefficient (Wildman–Crippen LogP) is 3.69. The van der Waals surface area contributed by atoms with Gasteiger partial charge in [-0.1, -0.05) is 26.8 Å². The van der Waals surface area contributed by atoms with Crippen molar-refractivity contribution in [3.05, 3.63) is 35.4 Å². The number of aliphatic hydroxyl groups is 1. The van der Waals surface area contributed by atoms with Gasteiger partial charge in [0.25, 0.3) is 0 Å². The molecule has 1 nitrogen and oxygen atoms in total. The monoisotopic (exact) mass is 242 g/mol. The summed E-state index contributed by atoms with van der Waals surface area (Å²) < 4.78 is 26.0. The molecular formula is C14H20F2O. The number of aryl methyl sites for hydroxylation is 1. The highest BCUT2D eigenvalue weighted by atomic mass is 19.1. The van der Waals surface area contributed by atoms with E-state index in [1.54, 1.807) is 0 Å². The maximum Gasteiger partial charge on any atom is 0.129 e. The molecule has 0 radical (unpaired) electrons. The minimum atomic E-state index is -0.555. The van der Waals surface area contributed by atoms with E-state index in [1.807, 2.05) is 20.8 Å². The molecule has 1 atom stereocenters. The van der Waals surface area contributed by atoms with E-state index in [0.29, 0.717) is 24.8 Å². The van der Waals surface area contributed by atoms with Gasteiger partial charge in [-0.2, -0.15) is 0 Å². The average Bonchev–Trinajstić information content (AvgIpc) is 2.19. The molecule has 96 valence electrons. The third-order valence-corrected chi connectivity index (χ3v) is 2.94. The second kappa shape index (κ2) is 5.58. The van der Waals surface area contributed by atoms with Gasteiger partial charge in [-0.05, 0) is 36.3 Å². The Bertz CT molecular complexity index is 369. The van der Waals surface area contributed by atoms with Gasteiger partial charge in [-0.3, -0.25) is 0 Å². The van der Waals surface area contributed by atoms with Gasteiger partial charge in [0.1, 0.15) is 11.6 Å². The molecule has 1 N–H and O–H groups in total. The Hall–Kier alpha value is -0.960. The number of halogens is 2. The lowest BCUT2D eigenvalue weighted by molar-refractivity contribution is 0.0540. The molecule has 17 heavy (non-hydrogen) atoms. The van der Waals surface area contributed by atoms with Crippen LogP contribution in [0.5, 0.6) is 0 Å². The van der Waals surface area contributed by atoms with E-state index in [4.69, 9.17) is 0 Å². The summed E-state index contributed by atoms with van der Waals surface area (Å²) in [7, 11) is 0. The van der Waals surface area contributed by atoms with Gasteiger partial charge in [-0.25, -0.2) is 8.78 Å². The molecule has 1 aromatic rings. The minimum Gasteiger partial charge on any atom is -0.393 e. The van der Waals surface area contributed by atoms with Crippen LogP contribution in [0.25, 0.3) is 0 Å². The molecule has 3 heteroatoms. The van der Waals surface area contributed by atoms with E-state index in [2.05, 4.69) is 0 Å². The van der Waals surface area contributed by atoms with Crippen molar-refractivity contribution < 1.29 is 13.9 Å². The summed E-state index contributed by atoms with van der Waals surface area (Å²) in [5.74, 6) is -1.06. The fourth-order valence-corrected chi connectivity index (χ4v) is 1.64. The van der Waals surface area contributed by atoms with E-state index in [0.717, 1.165) is 6.07 Å². The third kappa shape index (κ3) is 4.43. The predicted molar refractivity (Wildman–Crippen MR) is 64.8 cm³/mol. The Kier molecular flexibility index (Phi) is 4.63. The van der Waals surface area contributed by atoms with E-state index in [-0.39, 0.29) is 5.41 Å². The van der Waals surface area contributed by atoms with Crippen LogP contribution in [0.15, 0.2) is 18.2 Å². The van der Waals surface area contributed by atoms with Crippen LogP contribution in [0.4, 0.5) is 8.78 Å². The van der Waals surface area contributed by atoms with Crippen LogP contribution in [0, 0.1) is 17.0 Å². The molecule has 0 fully saturated rings. The number of benzene rings is 1.